The summed E-state index contributed by atoms with van der Waals surface area (Å²) in [7, 11) is 0. The van der Waals surface area contributed by atoms with E-state index in [1.165, 1.54) is 15.0 Å². The van der Waals surface area contributed by atoms with Crippen molar-refractivity contribution in [3.63, 3.8) is 0 Å². The van der Waals surface area contributed by atoms with Crippen molar-refractivity contribution in [3.8, 4) is 5.75 Å². The van der Waals surface area contributed by atoms with E-state index in [9.17, 15) is 5.11 Å². The molecule has 1 saturated heterocycles. The minimum Gasteiger partial charge on any atom is -0.490 e. The van der Waals surface area contributed by atoms with Gasteiger partial charge in [-0.2, -0.15) is 0 Å². The smallest absolute Gasteiger partial charge is 0.128 e. The second-order valence-corrected chi connectivity index (χ2v) is 10.1. The molecule has 4 nitrogen and oxygen atoms in total. The molecule has 2 aromatic carbocycles. The van der Waals surface area contributed by atoms with Gasteiger partial charge in [-0.05, 0) is 74.0 Å². The monoisotopic (exact) mass is 454 g/mol. The summed E-state index contributed by atoms with van der Waals surface area (Å²) in [5, 5.41) is 13.8. The molecule has 0 amide bonds. The fourth-order valence-electron chi connectivity index (χ4n) is 4.67. The Balaban J connectivity index is 1.17. The lowest BCUT2D eigenvalue weighted by atomic mass is 9.90. The van der Waals surface area contributed by atoms with Crippen LogP contribution in [0, 0.1) is 0 Å². The Morgan fingerprint density at radius 3 is 3.03 bits per heavy atom. The Bertz CT molecular complexity index is 1190. The van der Waals surface area contributed by atoms with Crippen LogP contribution < -0.4 is 4.74 Å². The van der Waals surface area contributed by atoms with Crippen molar-refractivity contribution < 1.29 is 9.84 Å². The van der Waals surface area contributed by atoms with Crippen LogP contribution in [-0.4, -0.2) is 46.8 Å². The number of aliphatic hydroxyl groups is 1. The fourth-order valence-corrected chi connectivity index (χ4v) is 6.16. The lowest BCUT2D eigenvalue weighted by Gasteiger charge is -2.38. The number of likely N-dealkylation sites (tertiary alicyclic amines) is 1. The molecule has 0 radical (unpaired) electrons. The predicted molar refractivity (Wildman–Crippen MR) is 130 cm³/mol. The molecule has 31 heavy (non-hydrogen) atoms. The Labute approximate surface area is 191 Å². The number of piperidine rings is 1. The number of hydrogen-bond donors (Lipinski definition) is 2. The molecule has 4 aromatic rings. The van der Waals surface area contributed by atoms with E-state index in [2.05, 4.69) is 35.0 Å². The third kappa shape index (κ3) is 4.46. The molecular weight excluding hydrogens is 428 g/mol. The first-order valence-electron chi connectivity index (χ1n) is 10.9. The van der Waals surface area contributed by atoms with Crippen molar-refractivity contribution in [1.82, 2.24) is 9.88 Å². The van der Waals surface area contributed by atoms with Crippen molar-refractivity contribution in [2.75, 3.05) is 19.7 Å². The van der Waals surface area contributed by atoms with Gasteiger partial charge in [-0.1, -0.05) is 23.7 Å². The number of ether oxygens (including phenoxy) is 1. The summed E-state index contributed by atoms with van der Waals surface area (Å²) in [6.07, 6.45) is 3.61. The molecule has 0 aliphatic carbocycles. The summed E-state index contributed by atoms with van der Waals surface area (Å²) < 4.78 is 7.21. The largest absolute Gasteiger partial charge is 0.490 e. The number of aromatic nitrogens is 1. The van der Waals surface area contributed by atoms with E-state index in [4.69, 9.17) is 16.3 Å². The third-order valence-corrected chi connectivity index (χ3v) is 7.84. The van der Waals surface area contributed by atoms with Gasteiger partial charge in [-0.3, -0.25) is 4.90 Å². The number of halogens is 1. The Hall–Kier alpha value is -2.05. The van der Waals surface area contributed by atoms with Crippen LogP contribution in [0.2, 0.25) is 5.02 Å². The molecule has 1 aliphatic heterocycles. The molecule has 1 aliphatic rings. The second-order valence-electron chi connectivity index (χ2n) is 8.56. The minimum absolute atomic E-state index is 0.300. The summed E-state index contributed by atoms with van der Waals surface area (Å²) in [4.78, 5) is 7.04. The molecule has 6 heteroatoms. The van der Waals surface area contributed by atoms with E-state index in [-0.39, 0.29) is 0 Å². The van der Waals surface area contributed by atoms with Crippen LogP contribution >= 0.6 is 22.9 Å². The molecule has 2 N–H and O–H groups in total. The van der Waals surface area contributed by atoms with Crippen LogP contribution in [0.25, 0.3) is 21.0 Å². The van der Waals surface area contributed by atoms with Crippen LogP contribution in [0.4, 0.5) is 0 Å². The normalized spacial score (nSPS) is 21.0. The summed E-state index contributed by atoms with van der Waals surface area (Å²) in [5.41, 5.74) is 1.05. The fraction of sp³-hybridized carbons (Fsp3) is 0.360. The Kier molecular flexibility index (Phi) is 5.93. The van der Waals surface area contributed by atoms with E-state index in [0.717, 1.165) is 41.1 Å². The Morgan fingerprint density at radius 1 is 1.26 bits per heavy atom. The van der Waals surface area contributed by atoms with Crippen molar-refractivity contribution in [2.45, 2.75) is 37.8 Å². The van der Waals surface area contributed by atoms with Crippen molar-refractivity contribution in [1.29, 1.82) is 0 Å². The first kappa shape index (κ1) is 20.8. The number of nitrogens with zero attached hydrogens (tertiary/aromatic N) is 1. The zero-order chi connectivity index (χ0) is 21.4. The van der Waals surface area contributed by atoms with Gasteiger partial charge in [0, 0.05) is 44.3 Å². The van der Waals surface area contributed by atoms with Gasteiger partial charge in [0.15, 0.2) is 0 Å². The number of β-amino-alcohol motifs (C(OH)–C–C–N with tert-alkyl or cyclic N) is 1. The minimum atomic E-state index is -0.514. The van der Waals surface area contributed by atoms with Gasteiger partial charge in [0.2, 0.25) is 0 Å². The van der Waals surface area contributed by atoms with E-state index in [0.29, 0.717) is 25.1 Å². The van der Waals surface area contributed by atoms with E-state index in [1.807, 2.05) is 47.9 Å². The molecule has 162 valence electrons. The summed E-state index contributed by atoms with van der Waals surface area (Å²) in [6.45, 7) is 4.20. The number of aliphatic hydroxyl groups excluding tert-OH is 1. The maximum Gasteiger partial charge on any atom is 0.128 e. The molecule has 0 saturated carbocycles. The van der Waals surface area contributed by atoms with Crippen LogP contribution in [0.3, 0.4) is 0 Å². The standard InChI is InChI=1S/C25H27ClN2O2S/c1-16-11-18(24-12-17-5-6-19(26)13-25(17)31-24)8-10-28(16)14-20(29)15-30-23-4-2-3-22-21(23)7-9-27-22/h2-7,9,12-13,16,18,20,27,29H,8,10-11,14-15H2,1H3/t16-,18-,20-/m0/s1. The Morgan fingerprint density at radius 2 is 2.16 bits per heavy atom. The average Bonchev–Trinajstić information content (AvgIpc) is 3.40. The van der Waals surface area contributed by atoms with Gasteiger partial charge in [-0.15, -0.1) is 11.3 Å². The molecule has 0 bridgehead atoms. The van der Waals surface area contributed by atoms with Crippen LogP contribution in [0.5, 0.6) is 5.75 Å². The number of aromatic amines is 1. The number of nitrogens with one attached hydrogen (secondary N) is 1. The lowest BCUT2D eigenvalue weighted by Crippen LogP contribution is -2.45. The molecule has 3 heterocycles. The number of benzene rings is 2. The van der Waals surface area contributed by atoms with Gasteiger partial charge in [0.05, 0.1) is 0 Å². The van der Waals surface area contributed by atoms with E-state index in [1.54, 1.807) is 0 Å². The summed E-state index contributed by atoms with van der Waals surface area (Å²) >= 11 is 8.02. The molecule has 0 spiro atoms. The maximum absolute atomic E-state index is 10.6. The summed E-state index contributed by atoms with van der Waals surface area (Å²) in [6, 6.07) is 16.8. The zero-order valence-corrected chi connectivity index (χ0v) is 19.1. The average molecular weight is 455 g/mol. The lowest BCUT2D eigenvalue weighted by molar-refractivity contribution is 0.0408. The molecular formula is C25H27ClN2O2S. The van der Waals surface area contributed by atoms with Crippen molar-refractivity contribution in [2.24, 2.45) is 0 Å². The third-order valence-electron chi connectivity index (χ3n) is 6.35. The van der Waals surface area contributed by atoms with Crippen LogP contribution in [0.15, 0.2) is 54.7 Å². The highest BCUT2D eigenvalue weighted by Gasteiger charge is 2.28. The number of rotatable bonds is 6. The molecule has 3 atom stereocenters. The van der Waals surface area contributed by atoms with Gasteiger partial charge in [0.1, 0.15) is 18.5 Å². The second kappa shape index (κ2) is 8.83. The van der Waals surface area contributed by atoms with Crippen LogP contribution in [0.1, 0.15) is 30.6 Å². The van der Waals surface area contributed by atoms with Crippen molar-refractivity contribution in [3.05, 3.63) is 64.6 Å². The predicted octanol–water partition coefficient (Wildman–Crippen LogP) is 6.04. The highest BCUT2D eigenvalue weighted by atomic mass is 35.5. The molecule has 0 unspecified atom stereocenters. The first-order chi connectivity index (χ1) is 15.1. The summed E-state index contributed by atoms with van der Waals surface area (Å²) in [5.74, 6) is 1.39. The maximum atomic E-state index is 10.6. The molecule has 5 rings (SSSR count). The van der Waals surface area contributed by atoms with Gasteiger partial charge >= 0.3 is 0 Å². The first-order valence-corrected chi connectivity index (χ1v) is 12.1. The number of fused-ring (bicyclic) bond motifs is 2. The van der Waals surface area contributed by atoms with Gasteiger partial charge in [-0.25, -0.2) is 0 Å². The van der Waals surface area contributed by atoms with Gasteiger partial charge < -0.3 is 14.8 Å². The molecule has 2 aromatic heterocycles. The number of thiophene rings is 1. The van der Waals surface area contributed by atoms with Crippen LogP contribution in [-0.2, 0) is 0 Å². The van der Waals surface area contributed by atoms with Crippen molar-refractivity contribution >= 4 is 43.9 Å². The topological polar surface area (TPSA) is 48.5 Å². The highest BCUT2D eigenvalue weighted by molar-refractivity contribution is 7.19. The molecule has 1 fully saturated rings. The zero-order valence-electron chi connectivity index (χ0n) is 17.6. The number of hydrogen-bond acceptors (Lipinski definition) is 4. The van der Waals surface area contributed by atoms with E-state index >= 15 is 0 Å². The highest BCUT2D eigenvalue weighted by Crippen LogP contribution is 2.39. The van der Waals surface area contributed by atoms with E-state index < -0.39 is 6.10 Å². The number of H-pyrrole nitrogens is 1. The van der Waals surface area contributed by atoms with Gasteiger partial charge in [0.25, 0.3) is 0 Å². The quantitative estimate of drug-likeness (QED) is 0.373. The SMILES string of the molecule is C[C@H]1C[C@@H](c2cc3ccc(Cl)cc3s2)CCN1C[C@H](O)COc1cccc2[nH]ccc12.